The van der Waals surface area contributed by atoms with Crippen LogP contribution in [0.25, 0.3) is 0 Å². The summed E-state index contributed by atoms with van der Waals surface area (Å²) in [6.45, 7) is 1.15. The van der Waals surface area contributed by atoms with Crippen LogP contribution in [0.2, 0.25) is 0 Å². The van der Waals surface area contributed by atoms with Crippen molar-refractivity contribution in [1.82, 2.24) is 10.6 Å². The summed E-state index contributed by atoms with van der Waals surface area (Å²) in [4.78, 5) is 4.05. The van der Waals surface area contributed by atoms with Crippen LogP contribution < -0.4 is 15.4 Å². The maximum absolute atomic E-state index is 5.16. The van der Waals surface area contributed by atoms with Gasteiger partial charge in [0.25, 0.3) is 0 Å². The van der Waals surface area contributed by atoms with E-state index in [1.807, 2.05) is 24.3 Å². The molecular formula is C13H17N3O. The van der Waals surface area contributed by atoms with Crippen LogP contribution in [0.5, 0.6) is 5.75 Å². The Kier molecular flexibility index (Phi) is 5.45. The lowest BCUT2D eigenvalue weighted by molar-refractivity contribution is 0.414. The second kappa shape index (κ2) is 7.18. The van der Waals surface area contributed by atoms with Crippen molar-refractivity contribution >= 4 is 5.96 Å². The summed E-state index contributed by atoms with van der Waals surface area (Å²) in [5.74, 6) is 4.04. The van der Waals surface area contributed by atoms with Gasteiger partial charge in [0, 0.05) is 13.6 Å². The van der Waals surface area contributed by atoms with E-state index in [-0.39, 0.29) is 0 Å². The van der Waals surface area contributed by atoms with Crippen LogP contribution in [-0.4, -0.2) is 26.7 Å². The van der Waals surface area contributed by atoms with E-state index in [1.54, 1.807) is 14.2 Å². The van der Waals surface area contributed by atoms with Crippen molar-refractivity contribution < 1.29 is 4.74 Å². The molecule has 2 N–H and O–H groups in total. The number of guanidine groups is 1. The molecular weight excluding hydrogens is 214 g/mol. The van der Waals surface area contributed by atoms with Crippen molar-refractivity contribution in [2.45, 2.75) is 6.54 Å². The summed E-state index contributed by atoms with van der Waals surface area (Å²) in [5, 5.41) is 6.15. The lowest BCUT2D eigenvalue weighted by Gasteiger charge is -2.10. The number of terminal acetylenes is 1. The van der Waals surface area contributed by atoms with Crippen molar-refractivity contribution in [2.75, 3.05) is 20.7 Å². The van der Waals surface area contributed by atoms with Gasteiger partial charge in [0.2, 0.25) is 0 Å². The molecule has 0 spiro atoms. The van der Waals surface area contributed by atoms with E-state index in [0.717, 1.165) is 11.3 Å². The molecule has 0 heterocycles. The average molecular weight is 231 g/mol. The van der Waals surface area contributed by atoms with Crippen LogP contribution >= 0.6 is 0 Å². The van der Waals surface area contributed by atoms with Crippen LogP contribution in [0.15, 0.2) is 29.3 Å². The number of nitrogens with zero attached hydrogens (tertiary/aromatic N) is 1. The maximum atomic E-state index is 5.16. The van der Waals surface area contributed by atoms with Crippen LogP contribution in [0.3, 0.4) is 0 Å². The zero-order valence-corrected chi connectivity index (χ0v) is 10.2. The quantitative estimate of drug-likeness (QED) is 0.461. The van der Waals surface area contributed by atoms with Gasteiger partial charge in [-0.05, 0) is 17.7 Å². The third kappa shape index (κ3) is 4.47. The second-order valence-electron chi connectivity index (χ2n) is 3.33. The Morgan fingerprint density at radius 1 is 1.35 bits per heavy atom. The minimum Gasteiger partial charge on any atom is -0.497 e. The normalized spacial score (nSPS) is 10.5. The molecule has 17 heavy (non-hydrogen) atoms. The number of ether oxygens (including phenoxy) is 1. The molecule has 4 nitrogen and oxygen atoms in total. The van der Waals surface area contributed by atoms with Gasteiger partial charge in [0.15, 0.2) is 5.96 Å². The summed E-state index contributed by atoms with van der Waals surface area (Å²) in [7, 11) is 3.36. The van der Waals surface area contributed by atoms with Crippen molar-refractivity contribution in [1.29, 1.82) is 0 Å². The van der Waals surface area contributed by atoms with Crippen molar-refractivity contribution in [2.24, 2.45) is 4.99 Å². The molecule has 0 unspecified atom stereocenters. The second-order valence-corrected chi connectivity index (χ2v) is 3.33. The predicted molar refractivity (Wildman–Crippen MR) is 70.0 cm³/mol. The van der Waals surface area contributed by atoms with Crippen LogP contribution in [0.4, 0.5) is 0 Å². The first-order chi connectivity index (χ1) is 8.30. The molecule has 0 bridgehead atoms. The summed E-state index contributed by atoms with van der Waals surface area (Å²) < 4.78 is 5.09. The van der Waals surface area contributed by atoms with Gasteiger partial charge in [-0.3, -0.25) is 4.99 Å². The summed E-state index contributed by atoms with van der Waals surface area (Å²) in [6.07, 6.45) is 5.16. The first kappa shape index (κ1) is 12.9. The van der Waals surface area contributed by atoms with E-state index in [9.17, 15) is 0 Å². The molecule has 0 radical (unpaired) electrons. The van der Waals surface area contributed by atoms with E-state index in [4.69, 9.17) is 11.2 Å². The first-order valence-electron chi connectivity index (χ1n) is 5.31. The molecule has 1 aromatic rings. The van der Waals surface area contributed by atoms with E-state index >= 15 is 0 Å². The number of benzene rings is 1. The van der Waals surface area contributed by atoms with Gasteiger partial charge in [-0.15, -0.1) is 6.42 Å². The number of nitrogens with one attached hydrogen (secondary N) is 2. The SMILES string of the molecule is C#CCNC(=NC)NCc1ccc(OC)cc1. The number of hydrogen-bond acceptors (Lipinski definition) is 2. The van der Waals surface area contributed by atoms with Gasteiger partial charge in [0.05, 0.1) is 13.7 Å². The molecule has 0 fully saturated rings. The molecule has 90 valence electrons. The number of methoxy groups -OCH3 is 1. The highest BCUT2D eigenvalue weighted by Crippen LogP contribution is 2.10. The minimum atomic E-state index is 0.461. The zero-order valence-electron chi connectivity index (χ0n) is 10.2. The van der Waals surface area contributed by atoms with E-state index in [0.29, 0.717) is 19.0 Å². The van der Waals surface area contributed by atoms with Gasteiger partial charge >= 0.3 is 0 Å². The Hall–Kier alpha value is -2.15. The summed E-state index contributed by atoms with van der Waals surface area (Å²) >= 11 is 0. The standard InChI is InChI=1S/C13H17N3O/c1-4-9-15-13(14-2)16-10-11-5-7-12(17-3)8-6-11/h1,5-8H,9-10H2,2-3H3,(H2,14,15,16). The van der Waals surface area contributed by atoms with Crippen molar-refractivity contribution in [3.8, 4) is 18.1 Å². The lowest BCUT2D eigenvalue weighted by atomic mass is 10.2. The fraction of sp³-hybridized carbons (Fsp3) is 0.308. The summed E-state index contributed by atoms with van der Waals surface area (Å²) in [6, 6.07) is 7.85. The van der Waals surface area contributed by atoms with E-state index in [1.165, 1.54) is 0 Å². The van der Waals surface area contributed by atoms with Gasteiger partial charge in [-0.1, -0.05) is 18.1 Å². The Bertz CT molecular complexity index is 404. The molecule has 0 aliphatic rings. The Balaban J connectivity index is 2.46. The third-order valence-corrected chi connectivity index (χ3v) is 2.20. The monoisotopic (exact) mass is 231 g/mol. The van der Waals surface area contributed by atoms with Gasteiger partial charge in [0.1, 0.15) is 5.75 Å². The topological polar surface area (TPSA) is 45.7 Å². The fourth-order valence-electron chi connectivity index (χ4n) is 1.28. The molecule has 0 aromatic heterocycles. The maximum Gasteiger partial charge on any atom is 0.192 e. The Morgan fingerprint density at radius 2 is 2.06 bits per heavy atom. The molecule has 0 aliphatic heterocycles. The number of rotatable bonds is 4. The molecule has 0 saturated carbocycles. The number of aliphatic imine (C=N–C) groups is 1. The fourth-order valence-corrected chi connectivity index (χ4v) is 1.28. The van der Waals surface area contributed by atoms with E-state index in [2.05, 4.69) is 21.5 Å². The lowest BCUT2D eigenvalue weighted by Crippen LogP contribution is -2.36. The highest BCUT2D eigenvalue weighted by molar-refractivity contribution is 5.79. The Labute approximate surface area is 102 Å². The van der Waals surface area contributed by atoms with Crippen LogP contribution in [-0.2, 0) is 6.54 Å². The third-order valence-electron chi connectivity index (χ3n) is 2.20. The van der Waals surface area contributed by atoms with Crippen molar-refractivity contribution in [3.05, 3.63) is 29.8 Å². The molecule has 1 aromatic carbocycles. The largest absolute Gasteiger partial charge is 0.497 e. The number of hydrogen-bond donors (Lipinski definition) is 2. The Morgan fingerprint density at radius 3 is 2.59 bits per heavy atom. The van der Waals surface area contributed by atoms with E-state index < -0.39 is 0 Å². The van der Waals surface area contributed by atoms with Crippen molar-refractivity contribution in [3.63, 3.8) is 0 Å². The molecule has 0 aliphatic carbocycles. The predicted octanol–water partition coefficient (Wildman–Crippen LogP) is 0.993. The highest BCUT2D eigenvalue weighted by atomic mass is 16.5. The van der Waals surface area contributed by atoms with Gasteiger partial charge in [-0.2, -0.15) is 0 Å². The minimum absolute atomic E-state index is 0.461. The molecule has 4 heteroatoms. The summed E-state index contributed by atoms with van der Waals surface area (Å²) in [5.41, 5.74) is 1.15. The van der Waals surface area contributed by atoms with Crippen LogP contribution in [0, 0.1) is 12.3 Å². The molecule has 0 atom stereocenters. The zero-order chi connectivity index (χ0) is 12.5. The van der Waals surface area contributed by atoms with Gasteiger partial charge < -0.3 is 15.4 Å². The molecule has 1 rings (SSSR count). The molecule has 0 saturated heterocycles. The van der Waals surface area contributed by atoms with Crippen LogP contribution in [0.1, 0.15) is 5.56 Å². The van der Waals surface area contributed by atoms with Gasteiger partial charge in [-0.25, -0.2) is 0 Å². The average Bonchev–Trinajstić information content (AvgIpc) is 2.39. The highest BCUT2D eigenvalue weighted by Gasteiger charge is 1.97. The smallest absolute Gasteiger partial charge is 0.192 e. The molecule has 0 amide bonds. The first-order valence-corrected chi connectivity index (χ1v) is 5.31.